The van der Waals surface area contributed by atoms with E-state index in [9.17, 15) is 18.0 Å². The van der Waals surface area contributed by atoms with Crippen LogP contribution in [0.15, 0.2) is 54.6 Å². The molecule has 0 aromatic heterocycles. The van der Waals surface area contributed by atoms with Crippen molar-refractivity contribution in [3.63, 3.8) is 0 Å². The molecule has 0 saturated carbocycles. The Bertz CT molecular complexity index is 1050. The fraction of sp³-hybridized carbons (Fsp3) is 0.462. The van der Waals surface area contributed by atoms with E-state index in [2.05, 4.69) is 5.32 Å². The van der Waals surface area contributed by atoms with Gasteiger partial charge in [0.05, 0.1) is 11.9 Å². The lowest BCUT2D eigenvalue weighted by Gasteiger charge is -2.30. The molecule has 0 aliphatic carbocycles. The molecule has 8 heteroatoms. The van der Waals surface area contributed by atoms with E-state index in [1.165, 1.54) is 10.6 Å². The number of hydrogen-bond donors (Lipinski definition) is 1. The van der Waals surface area contributed by atoms with Crippen LogP contribution in [0.4, 0.5) is 5.69 Å². The summed E-state index contributed by atoms with van der Waals surface area (Å²) in [6, 6.07) is 16.2. The number of nitrogens with zero attached hydrogens (tertiary/aromatic N) is 2. The van der Waals surface area contributed by atoms with Crippen molar-refractivity contribution in [3.8, 4) is 0 Å². The van der Waals surface area contributed by atoms with Crippen molar-refractivity contribution in [3.05, 3.63) is 65.7 Å². The molecule has 0 spiro atoms. The molecule has 0 radical (unpaired) electrons. The van der Waals surface area contributed by atoms with Crippen molar-refractivity contribution in [2.45, 2.75) is 53.1 Å². The first-order valence-corrected chi connectivity index (χ1v) is 13.5. The summed E-state index contributed by atoms with van der Waals surface area (Å²) in [6.07, 6.45) is 1.64. The third-order valence-corrected chi connectivity index (χ3v) is 6.76. The normalized spacial score (nSPS) is 12.3. The number of nitrogens with one attached hydrogen (secondary N) is 1. The highest BCUT2D eigenvalue weighted by Crippen LogP contribution is 2.23. The number of amides is 2. The summed E-state index contributed by atoms with van der Waals surface area (Å²) < 4.78 is 26.2. The molecule has 2 rings (SSSR count). The Morgan fingerprint density at radius 1 is 0.971 bits per heavy atom. The van der Waals surface area contributed by atoms with Gasteiger partial charge in [0.1, 0.15) is 6.04 Å². The number of benzene rings is 2. The minimum absolute atomic E-state index is 0.131. The third-order valence-electron chi connectivity index (χ3n) is 5.58. The standard InChI is InChI=1S/C26H37N3O4S/c1-20(2)18-27-26(31)22(4)28(19-23-13-7-6-8-14-23)25(30)16-11-17-29(34(5,32)33)24-15-10-9-12-21(24)3/h6-10,12-15,20,22H,11,16-19H2,1-5H3,(H,27,31)/t22-/m1/s1. The lowest BCUT2D eigenvalue weighted by Crippen LogP contribution is -2.48. The summed E-state index contributed by atoms with van der Waals surface area (Å²) >= 11 is 0. The lowest BCUT2D eigenvalue weighted by molar-refractivity contribution is -0.140. The number of sulfonamides is 1. The molecule has 1 atom stereocenters. The van der Waals surface area contributed by atoms with E-state index in [0.717, 1.165) is 11.1 Å². The molecule has 2 aromatic rings. The van der Waals surface area contributed by atoms with Gasteiger partial charge in [0.2, 0.25) is 21.8 Å². The van der Waals surface area contributed by atoms with Crippen molar-refractivity contribution < 1.29 is 18.0 Å². The first kappa shape index (κ1) is 27.4. The lowest BCUT2D eigenvalue weighted by atomic mass is 10.1. The number of rotatable bonds is 12. The van der Waals surface area contributed by atoms with Crippen LogP contribution < -0.4 is 9.62 Å². The Morgan fingerprint density at radius 3 is 2.18 bits per heavy atom. The number of aryl methyl sites for hydroxylation is 1. The second-order valence-electron chi connectivity index (χ2n) is 9.05. The first-order chi connectivity index (χ1) is 16.0. The zero-order chi connectivity index (χ0) is 25.3. The first-order valence-electron chi connectivity index (χ1n) is 11.6. The van der Waals surface area contributed by atoms with Crippen molar-refractivity contribution in [2.24, 2.45) is 5.92 Å². The minimum Gasteiger partial charge on any atom is -0.354 e. The highest BCUT2D eigenvalue weighted by molar-refractivity contribution is 7.92. The van der Waals surface area contributed by atoms with Crippen LogP contribution >= 0.6 is 0 Å². The van der Waals surface area contributed by atoms with Crippen LogP contribution in [0.1, 0.15) is 44.7 Å². The van der Waals surface area contributed by atoms with E-state index in [-0.39, 0.29) is 24.8 Å². The Kier molecular flexibility index (Phi) is 10.1. The Balaban J connectivity index is 2.14. The maximum absolute atomic E-state index is 13.2. The molecule has 2 amide bonds. The van der Waals surface area contributed by atoms with Crippen molar-refractivity contribution >= 4 is 27.5 Å². The average molecular weight is 488 g/mol. The van der Waals surface area contributed by atoms with E-state index in [4.69, 9.17) is 0 Å². The van der Waals surface area contributed by atoms with Crippen LogP contribution in [0.5, 0.6) is 0 Å². The van der Waals surface area contributed by atoms with Crippen LogP contribution in [0.2, 0.25) is 0 Å². The van der Waals surface area contributed by atoms with Gasteiger partial charge >= 0.3 is 0 Å². The van der Waals surface area contributed by atoms with Crippen molar-refractivity contribution in [2.75, 3.05) is 23.7 Å². The molecule has 0 aliphatic rings. The molecule has 7 nitrogen and oxygen atoms in total. The van der Waals surface area contributed by atoms with Gasteiger partial charge < -0.3 is 10.2 Å². The van der Waals surface area contributed by atoms with Gasteiger partial charge in [0.25, 0.3) is 0 Å². The maximum atomic E-state index is 13.2. The van der Waals surface area contributed by atoms with Gasteiger partial charge in [-0.2, -0.15) is 0 Å². The summed E-state index contributed by atoms with van der Waals surface area (Å²) in [5.74, 6) is -0.0808. The predicted octanol–water partition coefficient (Wildman–Crippen LogP) is 3.73. The summed E-state index contributed by atoms with van der Waals surface area (Å²) in [6.45, 7) is 8.65. The molecule has 0 aliphatic heterocycles. The average Bonchev–Trinajstić information content (AvgIpc) is 2.78. The SMILES string of the molecule is Cc1ccccc1N(CCCC(=O)N(Cc1ccccc1)[C@H](C)C(=O)NCC(C)C)S(C)(=O)=O. The van der Waals surface area contributed by atoms with E-state index in [0.29, 0.717) is 31.1 Å². The van der Waals surface area contributed by atoms with E-state index in [1.54, 1.807) is 24.0 Å². The topological polar surface area (TPSA) is 86.8 Å². The molecule has 1 N–H and O–H groups in total. The van der Waals surface area contributed by atoms with Gasteiger partial charge in [-0.05, 0) is 43.4 Å². The molecule has 186 valence electrons. The minimum atomic E-state index is -3.51. The zero-order valence-corrected chi connectivity index (χ0v) is 21.6. The van der Waals surface area contributed by atoms with Gasteiger partial charge in [-0.1, -0.05) is 62.4 Å². The van der Waals surface area contributed by atoms with E-state index >= 15 is 0 Å². The quantitative estimate of drug-likeness (QED) is 0.494. The van der Waals surface area contributed by atoms with Crippen LogP contribution in [0, 0.1) is 12.8 Å². The highest BCUT2D eigenvalue weighted by atomic mass is 32.2. The van der Waals surface area contributed by atoms with Crippen LogP contribution in [0.3, 0.4) is 0 Å². The summed E-state index contributed by atoms with van der Waals surface area (Å²) in [5, 5.41) is 2.90. The predicted molar refractivity (Wildman–Crippen MR) is 137 cm³/mol. The van der Waals surface area contributed by atoms with Gasteiger partial charge in [-0.15, -0.1) is 0 Å². The molecular weight excluding hydrogens is 450 g/mol. The fourth-order valence-electron chi connectivity index (χ4n) is 3.64. The Labute approximate surface area is 204 Å². The molecule has 0 fully saturated rings. The van der Waals surface area contributed by atoms with E-state index < -0.39 is 16.1 Å². The zero-order valence-electron chi connectivity index (χ0n) is 20.8. The number of para-hydroxylation sites is 1. The molecule has 0 bridgehead atoms. The Morgan fingerprint density at radius 2 is 1.59 bits per heavy atom. The van der Waals surface area contributed by atoms with Crippen LogP contribution in [-0.4, -0.2) is 50.5 Å². The third kappa shape index (κ3) is 8.17. The molecule has 0 unspecified atom stereocenters. The monoisotopic (exact) mass is 487 g/mol. The van der Waals surface area contributed by atoms with Gasteiger partial charge in [-0.25, -0.2) is 8.42 Å². The molecular formula is C26H37N3O4S. The van der Waals surface area contributed by atoms with Gasteiger partial charge in [0.15, 0.2) is 0 Å². The van der Waals surface area contributed by atoms with Crippen molar-refractivity contribution in [1.29, 1.82) is 0 Å². The molecule has 0 heterocycles. The summed E-state index contributed by atoms with van der Waals surface area (Å²) in [7, 11) is -3.51. The smallest absolute Gasteiger partial charge is 0.242 e. The Hall–Kier alpha value is -2.87. The van der Waals surface area contributed by atoms with Gasteiger partial charge in [0, 0.05) is 26.1 Å². The fourth-order valence-corrected chi connectivity index (χ4v) is 4.66. The molecule has 0 saturated heterocycles. The number of anilines is 1. The van der Waals surface area contributed by atoms with Gasteiger partial charge in [-0.3, -0.25) is 13.9 Å². The second-order valence-corrected chi connectivity index (χ2v) is 11.0. The number of carbonyl (C=O) groups is 2. The molecule has 2 aromatic carbocycles. The van der Waals surface area contributed by atoms with E-state index in [1.807, 2.05) is 63.2 Å². The van der Waals surface area contributed by atoms with Crippen LogP contribution in [-0.2, 0) is 26.2 Å². The highest BCUT2D eigenvalue weighted by Gasteiger charge is 2.26. The van der Waals surface area contributed by atoms with Crippen molar-refractivity contribution in [1.82, 2.24) is 10.2 Å². The summed E-state index contributed by atoms with van der Waals surface area (Å²) in [5.41, 5.74) is 2.39. The maximum Gasteiger partial charge on any atom is 0.242 e. The number of carbonyl (C=O) groups excluding carboxylic acids is 2. The second kappa shape index (κ2) is 12.6. The number of hydrogen-bond acceptors (Lipinski definition) is 4. The largest absolute Gasteiger partial charge is 0.354 e. The van der Waals surface area contributed by atoms with Crippen LogP contribution in [0.25, 0.3) is 0 Å². The summed E-state index contributed by atoms with van der Waals surface area (Å²) in [4.78, 5) is 27.5. The molecule has 34 heavy (non-hydrogen) atoms.